The zero-order valence-corrected chi connectivity index (χ0v) is 11.4. The van der Waals surface area contributed by atoms with E-state index in [9.17, 15) is 4.79 Å². The predicted octanol–water partition coefficient (Wildman–Crippen LogP) is 4.34. The Kier molecular flexibility index (Phi) is 2.54. The lowest BCUT2D eigenvalue weighted by atomic mass is 10.0. The van der Waals surface area contributed by atoms with E-state index in [2.05, 4.69) is 11.1 Å². The van der Waals surface area contributed by atoms with Gasteiger partial charge in [0, 0.05) is 22.0 Å². The Morgan fingerprint density at radius 3 is 2.55 bits per heavy atom. The van der Waals surface area contributed by atoms with Crippen molar-refractivity contribution in [1.29, 1.82) is 0 Å². The van der Waals surface area contributed by atoms with Gasteiger partial charge in [-0.25, -0.2) is 0 Å². The van der Waals surface area contributed by atoms with Crippen LogP contribution in [0, 0.1) is 0 Å². The molecular weight excluding hydrogens is 266 g/mol. The average Bonchev–Trinajstić information content (AvgIpc) is 2.97. The molecule has 1 aliphatic heterocycles. The van der Waals surface area contributed by atoms with Gasteiger partial charge in [-0.2, -0.15) is 0 Å². The van der Waals surface area contributed by atoms with Crippen LogP contribution in [-0.2, 0) is 4.79 Å². The number of rotatable bonds is 1. The number of aromatic amines is 1. The zero-order chi connectivity index (χ0) is 13.5. The Morgan fingerprint density at radius 2 is 1.70 bits per heavy atom. The van der Waals surface area contributed by atoms with Crippen molar-refractivity contribution in [3.8, 4) is 0 Å². The van der Waals surface area contributed by atoms with Gasteiger partial charge in [0.1, 0.15) is 0 Å². The molecule has 0 radical (unpaired) electrons. The molecule has 1 aliphatic rings. The van der Waals surface area contributed by atoms with E-state index in [1.165, 1.54) is 11.8 Å². The fourth-order valence-corrected chi connectivity index (χ4v) is 3.50. The molecule has 2 aromatic carbocycles. The van der Waals surface area contributed by atoms with Gasteiger partial charge in [0.2, 0.25) is 5.12 Å². The lowest BCUT2D eigenvalue weighted by Gasteiger charge is -1.99. The van der Waals surface area contributed by atoms with E-state index in [4.69, 9.17) is 0 Å². The highest BCUT2D eigenvalue weighted by molar-refractivity contribution is 8.15. The van der Waals surface area contributed by atoms with Crippen LogP contribution in [0.15, 0.2) is 59.6 Å². The summed E-state index contributed by atoms with van der Waals surface area (Å²) in [6, 6.07) is 18.1. The first-order valence-electron chi connectivity index (χ1n) is 6.43. The molecular formula is C17H11NOS. The van der Waals surface area contributed by atoms with E-state index in [1.54, 1.807) is 0 Å². The minimum atomic E-state index is 0.112. The van der Waals surface area contributed by atoms with Gasteiger partial charge in [-0.1, -0.05) is 48.5 Å². The summed E-state index contributed by atoms with van der Waals surface area (Å²) in [7, 11) is 0. The molecule has 2 nitrogen and oxygen atoms in total. The second-order valence-corrected chi connectivity index (χ2v) is 5.72. The third-order valence-electron chi connectivity index (χ3n) is 3.47. The van der Waals surface area contributed by atoms with Gasteiger partial charge in [0.05, 0.1) is 5.03 Å². The molecule has 0 amide bonds. The molecule has 0 spiro atoms. The van der Waals surface area contributed by atoms with E-state index >= 15 is 0 Å². The number of hydrogen-bond acceptors (Lipinski definition) is 2. The number of thioether (sulfide) groups is 1. The van der Waals surface area contributed by atoms with Crippen molar-refractivity contribution >= 4 is 39.4 Å². The number of fused-ring (bicyclic) bond motifs is 3. The van der Waals surface area contributed by atoms with Crippen LogP contribution in [0.3, 0.4) is 0 Å². The molecule has 0 saturated heterocycles. The molecule has 0 saturated carbocycles. The maximum absolute atomic E-state index is 12.2. The number of carbonyl (C=O) groups excluding carboxylic acids is 1. The van der Waals surface area contributed by atoms with Gasteiger partial charge in [0.25, 0.3) is 0 Å². The van der Waals surface area contributed by atoms with E-state index in [1.807, 2.05) is 54.6 Å². The van der Waals surface area contributed by atoms with Crippen molar-refractivity contribution < 1.29 is 4.79 Å². The second-order valence-electron chi connectivity index (χ2n) is 4.73. The molecule has 3 aromatic rings. The topological polar surface area (TPSA) is 32.9 Å². The molecule has 1 aromatic heterocycles. The van der Waals surface area contributed by atoms with E-state index in [0.717, 1.165) is 32.6 Å². The molecule has 96 valence electrons. The summed E-state index contributed by atoms with van der Waals surface area (Å²) in [5.41, 5.74) is 3.96. The monoisotopic (exact) mass is 277 g/mol. The van der Waals surface area contributed by atoms with Crippen LogP contribution in [0.25, 0.3) is 22.6 Å². The third-order valence-corrected chi connectivity index (χ3v) is 4.38. The largest absolute Gasteiger partial charge is 0.349 e. The van der Waals surface area contributed by atoms with Crippen molar-refractivity contribution in [2.45, 2.75) is 5.03 Å². The van der Waals surface area contributed by atoms with Crippen molar-refractivity contribution in [3.05, 3.63) is 65.7 Å². The highest BCUT2D eigenvalue weighted by Gasteiger charge is 2.29. The Hall–Kier alpha value is -2.26. The molecule has 4 rings (SSSR count). The van der Waals surface area contributed by atoms with Gasteiger partial charge < -0.3 is 4.98 Å². The van der Waals surface area contributed by atoms with Gasteiger partial charge >= 0.3 is 0 Å². The molecule has 1 N–H and O–H groups in total. The van der Waals surface area contributed by atoms with Gasteiger partial charge in [0.15, 0.2) is 0 Å². The lowest BCUT2D eigenvalue weighted by molar-refractivity contribution is -0.106. The van der Waals surface area contributed by atoms with Gasteiger partial charge in [-0.15, -0.1) is 0 Å². The van der Waals surface area contributed by atoms with Crippen LogP contribution < -0.4 is 0 Å². The van der Waals surface area contributed by atoms with Crippen LogP contribution in [0.2, 0.25) is 0 Å². The molecule has 0 fully saturated rings. The molecule has 20 heavy (non-hydrogen) atoms. The Morgan fingerprint density at radius 1 is 0.950 bits per heavy atom. The number of benzene rings is 2. The summed E-state index contributed by atoms with van der Waals surface area (Å²) in [6.45, 7) is 0. The van der Waals surface area contributed by atoms with Crippen molar-refractivity contribution in [1.82, 2.24) is 4.98 Å². The van der Waals surface area contributed by atoms with Crippen LogP contribution in [-0.4, -0.2) is 10.1 Å². The average molecular weight is 277 g/mol. The van der Waals surface area contributed by atoms with Gasteiger partial charge in [-0.05, 0) is 29.5 Å². The summed E-state index contributed by atoms with van der Waals surface area (Å²) < 4.78 is 0. The Bertz CT molecular complexity index is 846. The maximum atomic E-state index is 12.2. The number of hydrogen-bond donors (Lipinski definition) is 1. The first-order chi connectivity index (χ1) is 9.83. The SMILES string of the molecule is O=C1Sc2[nH]c3ccccc3c2/C1=C\c1ccccc1. The second kappa shape index (κ2) is 4.39. The van der Waals surface area contributed by atoms with Crippen molar-refractivity contribution in [3.63, 3.8) is 0 Å². The smallest absolute Gasteiger partial charge is 0.226 e. The van der Waals surface area contributed by atoms with Crippen LogP contribution in [0.4, 0.5) is 0 Å². The number of nitrogens with one attached hydrogen (secondary N) is 1. The predicted molar refractivity (Wildman–Crippen MR) is 83.5 cm³/mol. The minimum Gasteiger partial charge on any atom is -0.349 e. The zero-order valence-electron chi connectivity index (χ0n) is 10.6. The first-order valence-corrected chi connectivity index (χ1v) is 7.24. The molecule has 0 atom stereocenters. The number of para-hydroxylation sites is 1. The van der Waals surface area contributed by atoms with Crippen molar-refractivity contribution in [2.75, 3.05) is 0 Å². The molecule has 0 unspecified atom stereocenters. The quantitative estimate of drug-likeness (QED) is 0.671. The van der Waals surface area contributed by atoms with Gasteiger partial charge in [-0.3, -0.25) is 4.79 Å². The lowest BCUT2D eigenvalue weighted by Crippen LogP contribution is -1.88. The van der Waals surface area contributed by atoms with Crippen molar-refractivity contribution in [2.24, 2.45) is 0 Å². The normalized spacial score (nSPS) is 16.0. The highest BCUT2D eigenvalue weighted by Crippen LogP contribution is 2.44. The summed E-state index contributed by atoms with van der Waals surface area (Å²) in [5.74, 6) is 0. The first kappa shape index (κ1) is 11.6. The van der Waals surface area contributed by atoms with Crippen LogP contribution in [0.5, 0.6) is 0 Å². The third kappa shape index (κ3) is 1.71. The minimum absolute atomic E-state index is 0.112. The summed E-state index contributed by atoms with van der Waals surface area (Å²) in [4.78, 5) is 15.5. The van der Waals surface area contributed by atoms with E-state index < -0.39 is 0 Å². The number of aromatic nitrogens is 1. The highest BCUT2D eigenvalue weighted by atomic mass is 32.2. The molecule has 0 aliphatic carbocycles. The maximum Gasteiger partial charge on any atom is 0.226 e. The van der Waals surface area contributed by atoms with E-state index in [0.29, 0.717) is 0 Å². The Labute approximate surface area is 120 Å². The summed E-state index contributed by atoms with van der Waals surface area (Å²) in [5, 5.41) is 2.18. The molecule has 2 heterocycles. The number of carbonyl (C=O) groups is 1. The van der Waals surface area contributed by atoms with Crippen LogP contribution >= 0.6 is 11.8 Å². The van der Waals surface area contributed by atoms with Crippen LogP contribution in [0.1, 0.15) is 11.1 Å². The summed E-state index contributed by atoms with van der Waals surface area (Å²) in [6.07, 6.45) is 1.97. The number of H-pyrrole nitrogens is 1. The van der Waals surface area contributed by atoms with E-state index in [-0.39, 0.29) is 5.12 Å². The fourth-order valence-electron chi connectivity index (χ4n) is 2.56. The fraction of sp³-hybridized carbons (Fsp3) is 0. The molecule has 0 bridgehead atoms. The Balaban J connectivity index is 1.95. The standard InChI is InChI=1S/C17H11NOS/c19-17-13(10-11-6-2-1-3-7-11)15-12-8-4-5-9-14(12)18-16(15)20-17/h1-10,18H/b13-10+. The summed E-state index contributed by atoms with van der Waals surface area (Å²) >= 11 is 1.28. The molecule has 3 heteroatoms.